The number of halogens is 5. The average molecular weight is 326 g/mol. The molecule has 0 saturated heterocycles. The molecule has 0 atom stereocenters. The van der Waals surface area contributed by atoms with Gasteiger partial charge < -0.3 is 5.73 Å². The second-order valence-electron chi connectivity index (χ2n) is 5.60. The van der Waals surface area contributed by atoms with Gasteiger partial charge in [0.1, 0.15) is 0 Å². The van der Waals surface area contributed by atoms with Crippen molar-refractivity contribution < 1.29 is 13.2 Å². The molecule has 1 fully saturated rings. The van der Waals surface area contributed by atoms with E-state index < -0.39 is 17.6 Å². The molecule has 1 saturated carbocycles. The largest absolute Gasteiger partial charge is 0.391 e. The predicted octanol–water partition coefficient (Wildman–Crippen LogP) is 4.99. The Hall–Kier alpha value is -0.450. The van der Waals surface area contributed by atoms with E-state index in [0.29, 0.717) is 29.3 Å². The molecule has 0 bridgehead atoms. The van der Waals surface area contributed by atoms with Gasteiger partial charge in [0.2, 0.25) is 0 Å². The summed E-state index contributed by atoms with van der Waals surface area (Å²) < 4.78 is 37.9. The maximum Gasteiger partial charge on any atom is 0.391 e. The molecule has 0 unspecified atom stereocenters. The van der Waals surface area contributed by atoms with Crippen LogP contribution in [0, 0.1) is 5.92 Å². The highest BCUT2D eigenvalue weighted by molar-refractivity contribution is 6.42. The minimum absolute atomic E-state index is 0.0985. The summed E-state index contributed by atoms with van der Waals surface area (Å²) in [6.45, 7) is 0. The van der Waals surface area contributed by atoms with E-state index in [-0.39, 0.29) is 12.8 Å². The van der Waals surface area contributed by atoms with Crippen molar-refractivity contribution in [1.29, 1.82) is 0 Å². The van der Waals surface area contributed by atoms with Gasteiger partial charge in [0.15, 0.2) is 0 Å². The molecule has 1 nitrogen and oxygen atoms in total. The lowest BCUT2D eigenvalue weighted by molar-refractivity contribution is -0.184. The third kappa shape index (κ3) is 3.80. The third-order valence-electron chi connectivity index (χ3n) is 3.98. The predicted molar refractivity (Wildman–Crippen MR) is 75.1 cm³/mol. The fourth-order valence-corrected chi connectivity index (χ4v) is 3.07. The highest BCUT2D eigenvalue weighted by Gasteiger charge is 2.44. The number of nitrogens with two attached hydrogens (primary N) is 1. The smallest absolute Gasteiger partial charge is 0.325 e. The molecule has 0 aliphatic heterocycles. The average Bonchev–Trinajstić information content (AvgIpc) is 2.33. The van der Waals surface area contributed by atoms with Gasteiger partial charge in [0, 0.05) is 5.54 Å². The molecule has 2 rings (SSSR count). The van der Waals surface area contributed by atoms with Crippen molar-refractivity contribution in [2.45, 2.75) is 43.8 Å². The first kappa shape index (κ1) is 15.9. The molecule has 0 aromatic heterocycles. The Kier molecular flexibility index (Phi) is 4.57. The second kappa shape index (κ2) is 5.74. The van der Waals surface area contributed by atoms with E-state index in [2.05, 4.69) is 0 Å². The first-order valence-electron chi connectivity index (χ1n) is 6.49. The van der Waals surface area contributed by atoms with Gasteiger partial charge in [0.05, 0.1) is 16.0 Å². The zero-order chi connectivity index (χ0) is 15.0. The summed E-state index contributed by atoms with van der Waals surface area (Å²) in [7, 11) is 0. The summed E-state index contributed by atoms with van der Waals surface area (Å²) in [6, 6.07) is 5.23. The van der Waals surface area contributed by atoms with E-state index >= 15 is 0 Å². The highest BCUT2D eigenvalue weighted by atomic mass is 35.5. The lowest BCUT2D eigenvalue weighted by Crippen LogP contribution is -2.47. The fraction of sp³-hybridized carbons (Fsp3) is 0.571. The summed E-state index contributed by atoms with van der Waals surface area (Å²) in [6.07, 6.45) is -2.64. The minimum Gasteiger partial charge on any atom is -0.325 e. The molecule has 0 heterocycles. The molecule has 2 N–H and O–H groups in total. The van der Waals surface area contributed by atoms with Gasteiger partial charge in [-0.3, -0.25) is 0 Å². The second-order valence-corrected chi connectivity index (χ2v) is 6.42. The van der Waals surface area contributed by atoms with Gasteiger partial charge in [-0.15, -0.1) is 0 Å². The Balaban J connectivity index is 2.01. The van der Waals surface area contributed by atoms with Crippen molar-refractivity contribution in [2.24, 2.45) is 11.7 Å². The first-order valence-corrected chi connectivity index (χ1v) is 7.25. The molecule has 1 aliphatic rings. The molecular weight excluding hydrogens is 310 g/mol. The monoisotopic (exact) mass is 325 g/mol. The summed E-state index contributed by atoms with van der Waals surface area (Å²) >= 11 is 11.8. The number of hydrogen-bond donors (Lipinski definition) is 1. The van der Waals surface area contributed by atoms with Crippen molar-refractivity contribution in [1.82, 2.24) is 0 Å². The van der Waals surface area contributed by atoms with Gasteiger partial charge in [-0.05, 0) is 49.8 Å². The van der Waals surface area contributed by atoms with Gasteiger partial charge in [-0.2, -0.15) is 13.2 Å². The van der Waals surface area contributed by atoms with Crippen molar-refractivity contribution in [3.8, 4) is 0 Å². The van der Waals surface area contributed by atoms with Crippen molar-refractivity contribution in [3.05, 3.63) is 33.8 Å². The quantitative estimate of drug-likeness (QED) is 0.814. The van der Waals surface area contributed by atoms with Gasteiger partial charge >= 0.3 is 6.18 Å². The van der Waals surface area contributed by atoms with Crippen LogP contribution in [-0.2, 0) is 6.42 Å². The van der Waals surface area contributed by atoms with E-state index in [1.54, 1.807) is 12.1 Å². The van der Waals surface area contributed by atoms with Crippen LogP contribution in [0.25, 0.3) is 0 Å². The molecule has 0 radical (unpaired) electrons. The molecule has 1 aliphatic carbocycles. The van der Waals surface area contributed by atoms with Crippen LogP contribution in [0.1, 0.15) is 31.2 Å². The van der Waals surface area contributed by atoms with Crippen LogP contribution in [0.5, 0.6) is 0 Å². The Bertz CT molecular complexity index is 480. The summed E-state index contributed by atoms with van der Waals surface area (Å²) in [5, 5.41) is 0.902. The molecule has 0 spiro atoms. The maximum atomic E-state index is 12.6. The molecule has 20 heavy (non-hydrogen) atoms. The van der Waals surface area contributed by atoms with E-state index in [0.717, 1.165) is 5.56 Å². The lowest BCUT2D eigenvalue weighted by atomic mass is 9.74. The van der Waals surface area contributed by atoms with E-state index in [1.165, 1.54) is 0 Å². The summed E-state index contributed by atoms with van der Waals surface area (Å²) in [4.78, 5) is 0. The Morgan fingerprint density at radius 3 is 2.25 bits per heavy atom. The Morgan fingerprint density at radius 1 is 1.15 bits per heavy atom. The van der Waals surface area contributed by atoms with Crippen molar-refractivity contribution >= 4 is 23.2 Å². The molecule has 1 aromatic carbocycles. The number of alkyl halides is 3. The normalized spacial score (nSPS) is 27.6. The standard InChI is InChI=1S/C14H16Cl2F3N/c15-11-2-1-9(7-12(11)16)8-13(20)5-3-10(4-6-13)14(17,18)19/h1-2,7,10H,3-6,8,20H2. The SMILES string of the molecule is NC1(Cc2ccc(Cl)c(Cl)c2)CCC(C(F)(F)F)CC1. The van der Waals surface area contributed by atoms with Crippen LogP contribution in [0.15, 0.2) is 18.2 Å². The summed E-state index contributed by atoms with van der Waals surface area (Å²) in [5.41, 5.74) is 6.57. The topological polar surface area (TPSA) is 26.0 Å². The third-order valence-corrected chi connectivity index (χ3v) is 4.72. The summed E-state index contributed by atoms with van der Waals surface area (Å²) in [5.74, 6) is -1.21. The fourth-order valence-electron chi connectivity index (χ4n) is 2.75. The van der Waals surface area contributed by atoms with Crippen LogP contribution in [0.2, 0.25) is 10.0 Å². The van der Waals surface area contributed by atoms with Crippen molar-refractivity contribution in [2.75, 3.05) is 0 Å². The Morgan fingerprint density at radius 2 is 1.75 bits per heavy atom. The van der Waals surface area contributed by atoms with Crippen LogP contribution in [0.3, 0.4) is 0 Å². The lowest BCUT2D eigenvalue weighted by Gasteiger charge is -2.38. The van der Waals surface area contributed by atoms with E-state index in [9.17, 15) is 13.2 Å². The zero-order valence-corrected chi connectivity index (χ0v) is 12.3. The molecular formula is C14H16Cl2F3N. The minimum atomic E-state index is -4.11. The van der Waals surface area contributed by atoms with Crippen LogP contribution in [-0.4, -0.2) is 11.7 Å². The highest BCUT2D eigenvalue weighted by Crippen LogP contribution is 2.41. The number of rotatable bonds is 2. The van der Waals surface area contributed by atoms with Crippen LogP contribution in [0.4, 0.5) is 13.2 Å². The van der Waals surface area contributed by atoms with Gasteiger partial charge in [-0.25, -0.2) is 0 Å². The molecule has 6 heteroatoms. The first-order chi connectivity index (χ1) is 9.20. The number of benzene rings is 1. The molecule has 0 amide bonds. The molecule has 1 aromatic rings. The van der Waals surface area contributed by atoms with E-state index in [1.807, 2.05) is 6.07 Å². The van der Waals surface area contributed by atoms with Crippen molar-refractivity contribution in [3.63, 3.8) is 0 Å². The Labute approximate surface area is 126 Å². The zero-order valence-electron chi connectivity index (χ0n) is 10.8. The van der Waals surface area contributed by atoms with Crippen LogP contribution >= 0.6 is 23.2 Å². The molecule has 112 valence electrons. The van der Waals surface area contributed by atoms with E-state index in [4.69, 9.17) is 28.9 Å². The van der Waals surface area contributed by atoms with Gasteiger partial charge in [-0.1, -0.05) is 29.3 Å². The number of hydrogen-bond acceptors (Lipinski definition) is 1. The van der Waals surface area contributed by atoms with Crippen LogP contribution < -0.4 is 5.73 Å². The van der Waals surface area contributed by atoms with Gasteiger partial charge in [0.25, 0.3) is 0 Å². The maximum absolute atomic E-state index is 12.6.